The van der Waals surface area contributed by atoms with Crippen LogP contribution in [-0.4, -0.2) is 18.4 Å². The number of amides is 2. The van der Waals surface area contributed by atoms with Crippen LogP contribution in [0.25, 0.3) is 0 Å². The van der Waals surface area contributed by atoms with Crippen molar-refractivity contribution >= 4 is 34.8 Å². The number of anilines is 2. The lowest BCUT2D eigenvalue weighted by molar-refractivity contribution is -0.122. The second-order valence-electron chi connectivity index (χ2n) is 5.74. The van der Waals surface area contributed by atoms with E-state index in [1.807, 2.05) is 31.2 Å². The first-order valence-electron chi connectivity index (χ1n) is 7.46. The molecule has 5 heteroatoms. The second kappa shape index (κ2) is 6.42. The molecule has 2 aromatic rings. The van der Waals surface area contributed by atoms with Gasteiger partial charge in [0.05, 0.1) is 5.92 Å². The standard InChI is InChI=1S/C18H17ClN2O2/c1-12-4-2-7-16(8-12)21-11-13(9-17(21)22)18(23)20-15-6-3-5-14(19)10-15/h2-8,10,13H,9,11H2,1H3,(H,20,23)/t13-/m1/s1. The Morgan fingerprint density at radius 1 is 1.22 bits per heavy atom. The average Bonchev–Trinajstić information content (AvgIpc) is 2.89. The molecule has 0 radical (unpaired) electrons. The fourth-order valence-corrected chi connectivity index (χ4v) is 2.93. The third kappa shape index (κ3) is 3.54. The summed E-state index contributed by atoms with van der Waals surface area (Å²) in [5.41, 5.74) is 2.57. The van der Waals surface area contributed by atoms with Crippen LogP contribution >= 0.6 is 11.6 Å². The van der Waals surface area contributed by atoms with Crippen LogP contribution < -0.4 is 10.2 Å². The Labute approximate surface area is 140 Å². The summed E-state index contributed by atoms with van der Waals surface area (Å²) in [4.78, 5) is 26.3. The van der Waals surface area contributed by atoms with Gasteiger partial charge in [0, 0.05) is 29.4 Å². The van der Waals surface area contributed by atoms with Gasteiger partial charge in [0.2, 0.25) is 11.8 Å². The third-order valence-electron chi connectivity index (χ3n) is 3.90. The lowest BCUT2D eigenvalue weighted by Crippen LogP contribution is -2.28. The van der Waals surface area contributed by atoms with Crippen LogP contribution in [0.4, 0.5) is 11.4 Å². The Hall–Kier alpha value is -2.33. The second-order valence-corrected chi connectivity index (χ2v) is 6.18. The number of aryl methyl sites for hydroxylation is 1. The maximum atomic E-state index is 12.4. The van der Waals surface area contributed by atoms with E-state index in [-0.39, 0.29) is 24.2 Å². The Balaban J connectivity index is 1.70. The van der Waals surface area contributed by atoms with E-state index in [0.29, 0.717) is 17.3 Å². The molecule has 0 saturated carbocycles. The number of rotatable bonds is 3. The molecule has 1 fully saturated rings. The molecule has 4 nitrogen and oxygen atoms in total. The summed E-state index contributed by atoms with van der Waals surface area (Å²) in [5.74, 6) is -0.542. The highest BCUT2D eigenvalue weighted by Gasteiger charge is 2.35. The van der Waals surface area contributed by atoms with Crippen molar-refractivity contribution in [2.45, 2.75) is 13.3 Å². The summed E-state index contributed by atoms with van der Waals surface area (Å²) in [6.45, 7) is 2.38. The zero-order valence-electron chi connectivity index (χ0n) is 12.8. The Kier molecular flexibility index (Phi) is 4.35. The Morgan fingerprint density at radius 3 is 2.74 bits per heavy atom. The summed E-state index contributed by atoms with van der Waals surface area (Å²) in [6.07, 6.45) is 0.223. The minimum absolute atomic E-state index is 0.0261. The molecule has 1 aliphatic rings. The molecular formula is C18H17ClN2O2. The highest BCUT2D eigenvalue weighted by atomic mass is 35.5. The highest BCUT2D eigenvalue weighted by Crippen LogP contribution is 2.27. The van der Waals surface area contributed by atoms with Gasteiger partial charge in [-0.05, 0) is 42.8 Å². The van der Waals surface area contributed by atoms with Crippen LogP contribution in [0.2, 0.25) is 5.02 Å². The van der Waals surface area contributed by atoms with Gasteiger partial charge in [0.15, 0.2) is 0 Å². The number of nitrogens with zero attached hydrogens (tertiary/aromatic N) is 1. The van der Waals surface area contributed by atoms with Crippen LogP contribution in [0.15, 0.2) is 48.5 Å². The van der Waals surface area contributed by atoms with Crippen molar-refractivity contribution in [1.29, 1.82) is 0 Å². The van der Waals surface area contributed by atoms with E-state index in [2.05, 4.69) is 5.32 Å². The lowest BCUT2D eigenvalue weighted by Gasteiger charge is -2.17. The first-order chi connectivity index (χ1) is 11.0. The van der Waals surface area contributed by atoms with Crippen molar-refractivity contribution in [3.63, 3.8) is 0 Å². The molecule has 0 unspecified atom stereocenters. The topological polar surface area (TPSA) is 49.4 Å². The summed E-state index contributed by atoms with van der Waals surface area (Å²) in [5, 5.41) is 3.39. The number of carbonyl (C=O) groups is 2. The monoisotopic (exact) mass is 328 g/mol. The van der Waals surface area contributed by atoms with Gasteiger partial charge < -0.3 is 10.2 Å². The quantitative estimate of drug-likeness (QED) is 0.935. The van der Waals surface area contributed by atoms with Crippen molar-refractivity contribution in [3.8, 4) is 0 Å². The predicted octanol–water partition coefficient (Wildman–Crippen LogP) is 3.64. The predicted molar refractivity (Wildman–Crippen MR) is 91.7 cm³/mol. The van der Waals surface area contributed by atoms with Gasteiger partial charge in [-0.15, -0.1) is 0 Å². The van der Waals surface area contributed by atoms with Crippen molar-refractivity contribution in [2.75, 3.05) is 16.8 Å². The van der Waals surface area contributed by atoms with E-state index in [1.165, 1.54) is 0 Å². The summed E-state index contributed by atoms with van der Waals surface area (Å²) >= 11 is 5.92. The van der Waals surface area contributed by atoms with Gasteiger partial charge >= 0.3 is 0 Å². The fourth-order valence-electron chi connectivity index (χ4n) is 2.74. The van der Waals surface area contributed by atoms with Gasteiger partial charge in [0.25, 0.3) is 0 Å². The van der Waals surface area contributed by atoms with Crippen LogP contribution in [0.3, 0.4) is 0 Å². The molecule has 2 amide bonds. The zero-order valence-corrected chi connectivity index (χ0v) is 13.5. The summed E-state index contributed by atoms with van der Waals surface area (Å²) in [7, 11) is 0. The molecule has 118 valence electrons. The summed E-state index contributed by atoms with van der Waals surface area (Å²) in [6, 6.07) is 14.7. The molecule has 0 aromatic heterocycles. The lowest BCUT2D eigenvalue weighted by atomic mass is 10.1. The first-order valence-corrected chi connectivity index (χ1v) is 7.84. The Morgan fingerprint density at radius 2 is 2.00 bits per heavy atom. The maximum absolute atomic E-state index is 12.4. The van der Waals surface area contributed by atoms with Crippen LogP contribution in [0.1, 0.15) is 12.0 Å². The average molecular weight is 329 g/mol. The molecule has 3 rings (SSSR count). The number of carbonyl (C=O) groups excluding carboxylic acids is 2. The minimum atomic E-state index is -0.359. The number of hydrogen-bond donors (Lipinski definition) is 1. The molecule has 1 atom stereocenters. The first kappa shape index (κ1) is 15.6. The number of halogens is 1. The molecule has 1 aliphatic heterocycles. The molecule has 1 N–H and O–H groups in total. The number of hydrogen-bond acceptors (Lipinski definition) is 2. The number of benzene rings is 2. The van der Waals surface area contributed by atoms with Gasteiger partial charge in [0.1, 0.15) is 0 Å². The van der Waals surface area contributed by atoms with E-state index >= 15 is 0 Å². The SMILES string of the molecule is Cc1cccc(N2C[C@H](C(=O)Nc3cccc(Cl)c3)CC2=O)c1. The van der Waals surface area contributed by atoms with Gasteiger partial charge in [-0.1, -0.05) is 29.8 Å². The van der Waals surface area contributed by atoms with Crippen molar-refractivity contribution < 1.29 is 9.59 Å². The van der Waals surface area contributed by atoms with Crippen LogP contribution in [0, 0.1) is 12.8 Å². The van der Waals surface area contributed by atoms with E-state index in [4.69, 9.17) is 11.6 Å². The summed E-state index contributed by atoms with van der Waals surface area (Å²) < 4.78 is 0. The van der Waals surface area contributed by atoms with Crippen molar-refractivity contribution in [3.05, 3.63) is 59.1 Å². The molecule has 1 heterocycles. The highest BCUT2D eigenvalue weighted by molar-refractivity contribution is 6.30. The van der Waals surface area contributed by atoms with E-state index in [0.717, 1.165) is 11.3 Å². The van der Waals surface area contributed by atoms with Gasteiger partial charge in [-0.25, -0.2) is 0 Å². The molecule has 2 aromatic carbocycles. The largest absolute Gasteiger partial charge is 0.326 e. The van der Waals surface area contributed by atoms with Gasteiger partial charge in [-0.2, -0.15) is 0 Å². The van der Waals surface area contributed by atoms with Crippen LogP contribution in [0.5, 0.6) is 0 Å². The number of nitrogens with one attached hydrogen (secondary N) is 1. The molecule has 0 spiro atoms. The minimum Gasteiger partial charge on any atom is -0.326 e. The maximum Gasteiger partial charge on any atom is 0.229 e. The molecule has 23 heavy (non-hydrogen) atoms. The molecule has 0 bridgehead atoms. The molecule has 0 aliphatic carbocycles. The fraction of sp³-hybridized carbons (Fsp3) is 0.222. The van der Waals surface area contributed by atoms with E-state index in [1.54, 1.807) is 29.2 Å². The third-order valence-corrected chi connectivity index (χ3v) is 4.14. The Bertz CT molecular complexity index is 760. The normalized spacial score (nSPS) is 17.4. The smallest absolute Gasteiger partial charge is 0.229 e. The molecular weight excluding hydrogens is 312 g/mol. The van der Waals surface area contributed by atoms with Crippen LogP contribution in [-0.2, 0) is 9.59 Å². The van der Waals surface area contributed by atoms with E-state index < -0.39 is 0 Å². The van der Waals surface area contributed by atoms with Crippen molar-refractivity contribution in [2.24, 2.45) is 5.92 Å². The van der Waals surface area contributed by atoms with Crippen molar-refractivity contribution in [1.82, 2.24) is 0 Å². The van der Waals surface area contributed by atoms with Gasteiger partial charge in [-0.3, -0.25) is 9.59 Å². The zero-order chi connectivity index (χ0) is 16.4. The molecule has 1 saturated heterocycles. The van der Waals surface area contributed by atoms with E-state index in [9.17, 15) is 9.59 Å².